The molecular formula is C29H50O7Si. The van der Waals surface area contributed by atoms with Gasteiger partial charge in [0.2, 0.25) is 0 Å². The van der Waals surface area contributed by atoms with Gasteiger partial charge in [0.05, 0.1) is 32.0 Å². The first-order chi connectivity index (χ1) is 17.3. The first-order valence-electron chi connectivity index (χ1n) is 13.3. The van der Waals surface area contributed by atoms with Crippen LogP contribution >= 0.6 is 0 Å². The van der Waals surface area contributed by atoms with Crippen LogP contribution in [0.3, 0.4) is 0 Å². The van der Waals surface area contributed by atoms with Gasteiger partial charge in [-0.25, -0.2) is 0 Å². The van der Waals surface area contributed by atoms with E-state index in [2.05, 4.69) is 46.9 Å². The first kappa shape index (κ1) is 32.0. The molecule has 0 N–H and O–H groups in total. The summed E-state index contributed by atoms with van der Waals surface area (Å²) in [4.78, 5) is 0. The summed E-state index contributed by atoms with van der Waals surface area (Å²) in [5, 5.41) is 0.177. The van der Waals surface area contributed by atoms with E-state index in [4.69, 9.17) is 32.8 Å². The molecule has 0 radical (unpaired) electrons. The van der Waals surface area contributed by atoms with E-state index in [0.29, 0.717) is 19.6 Å². The third-order valence-electron chi connectivity index (χ3n) is 7.07. The van der Waals surface area contributed by atoms with Crippen LogP contribution in [0, 0.1) is 0 Å². The zero-order valence-corrected chi connectivity index (χ0v) is 25.7. The Labute approximate surface area is 225 Å². The van der Waals surface area contributed by atoms with Gasteiger partial charge in [0.1, 0.15) is 18.6 Å². The minimum Gasteiger partial charge on any atom is -0.497 e. The summed E-state index contributed by atoms with van der Waals surface area (Å²) in [7, 11) is 1.48. The molecule has 0 saturated carbocycles. The zero-order valence-electron chi connectivity index (χ0n) is 24.7. The first-order valence-corrected chi connectivity index (χ1v) is 16.2. The van der Waals surface area contributed by atoms with Crippen molar-refractivity contribution in [2.24, 2.45) is 0 Å². The highest BCUT2D eigenvalue weighted by molar-refractivity contribution is 6.74. The smallest absolute Gasteiger partial charge is 0.191 e. The van der Waals surface area contributed by atoms with Gasteiger partial charge < -0.3 is 32.8 Å². The molecule has 1 heterocycles. The largest absolute Gasteiger partial charge is 0.497 e. The highest BCUT2D eigenvalue weighted by Crippen LogP contribution is 2.37. The number of methoxy groups -OCH3 is 2. The molecule has 0 aliphatic carbocycles. The van der Waals surface area contributed by atoms with Crippen molar-refractivity contribution in [1.82, 2.24) is 0 Å². The van der Waals surface area contributed by atoms with E-state index in [1.165, 1.54) is 0 Å². The van der Waals surface area contributed by atoms with E-state index in [9.17, 15) is 0 Å². The van der Waals surface area contributed by atoms with Gasteiger partial charge in [0.15, 0.2) is 14.1 Å². The Balaban J connectivity index is 1.95. The van der Waals surface area contributed by atoms with Crippen LogP contribution in [0.2, 0.25) is 18.1 Å². The molecule has 4 atom stereocenters. The lowest BCUT2D eigenvalue weighted by Gasteiger charge is -2.36. The fraction of sp³-hybridized carbons (Fsp3) is 0.724. The van der Waals surface area contributed by atoms with Crippen molar-refractivity contribution in [3.05, 3.63) is 42.0 Å². The second-order valence-corrected chi connectivity index (χ2v) is 16.5. The van der Waals surface area contributed by atoms with Crippen LogP contribution in [0.25, 0.3) is 0 Å². The van der Waals surface area contributed by atoms with E-state index in [-0.39, 0.29) is 36.2 Å². The van der Waals surface area contributed by atoms with Crippen molar-refractivity contribution in [2.75, 3.05) is 27.6 Å². The Morgan fingerprint density at radius 2 is 1.73 bits per heavy atom. The maximum Gasteiger partial charge on any atom is 0.191 e. The number of ether oxygens (including phenoxy) is 6. The number of hydrogen-bond acceptors (Lipinski definition) is 7. The molecule has 2 rings (SSSR count). The van der Waals surface area contributed by atoms with Crippen molar-refractivity contribution in [1.29, 1.82) is 0 Å². The molecule has 8 heteroatoms. The molecule has 0 aromatic heterocycles. The van der Waals surface area contributed by atoms with Gasteiger partial charge in [-0.2, -0.15) is 0 Å². The van der Waals surface area contributed by atoms with E-state index >= 15 is 0 Å². The SMILES string of the molecule is COCO[C@H](/C=C/[C@H]1OC(C)(C)O[C@@H]1CCO[Si](C)(C)C(C)(C)C)C[C@@H](C)OCc1ccc(OC)cc1. The lowest BCUT2D eigenvalue weighted by atomic mass is 10.1. The van der Waals surface area contributed by atoms with Crippen molar-refractivity contribution < 1.29 is 32.8 Å². The molecule has 37 heavy (non-hydrogen) atoms. The van der Waals surface area contributed by atoms with Gasteiger partial charge in [-0.1, -0.05) is 45.1 Å². The third-order valence-corrected chi connectivity index (χ3v) is 11.6. The monoisotopic (exact) mass is 538 g/mol. The normalized spacial score (nSPS) is 21.9. The van der Waals surface area contributed by atoms with Crippen LogP contribution in [0.1, 0.15) is 59.9 Å². The predicted octanol–water partition coefficient (Wildman–Crippen LogP) is 6.47. The Hall–Kier alpha value is -1.26. The molecule has 0 unspecified atom stereocenters. The molecule has 1 fully saturated rings. The molecule has 1 saturated heterocycles. The van der Waals surface area contributed by atoms with Gasteiger partial charge in [0, 0.05) is 20.1 Å². The number of hydrogen-bond donors (Lipinski definition) is 0. The average molecular weight is 539 g/mol. The maximum atomic E-state index is 6.39. The minimum atomic E-state index is -1.81. The highest BCUT2D eigenvalue weighted by Gasteiger charge is 2.41. The Morgan fingerprint density at radius 1 is 1.05 bits per heavy atom. The Bertz CT molecular complexity index is 817. The summed E-state index contributed by atoms with van der Waals surface area (Å²) in [6, 6.07) is 7.90. The minimum absolute atomic E-state index is 0.0143. The van der Waals surface area contributed by atoms with Gasteiger partial charge in [0.25, 0.3) is 0 Å². The Morgan fingerprint density at radius 3 is 2.32 bits per heavy atom. The molecule has 1 aliphatic rings. The van der Waals surface area contributed by atoms with E-state index in [1.807, 2.05) is 44.2 Å². The molecule has 0 bridgehead atoms. The van der Waals surface area contributed by atoms with Crippen molar-refractivity contribution in [3.8, 4) is 5.75 Å². The third kappa shape index (κ3) is 10.8. The number of benzene rings is 1. The standard InChI is InChI=1S/C29H50O7Si/c1-22(32-20-23-11-13-24(31-8)14-12-23)19-25(33-21-30-7)15-16-26-27(36-29(5,6)35-26)17-18-34-37(9,10)28(2,3)4/h11-16,22,25-27H,17-21H2,1-10H3/b16-15+/t22-,25-,26-,27-/m1/s1. The van der Waals surface area contributed by atoms with Crippen molar-refractivity contribution >= 4 is 8.32 Å². The van der Waals surface area contributed by atoms with Crippen molar-refractivity contribution in [3.63, 3.8) is 0 Å². The van der Waals surface area contributed by atoms with Gasteiger partial charge in [-0.15, -0.1) is 0 Å². The molecule has 0 amide bonds. The molecule has 1 aromatic rings. The summed E-state index contributed by atoms with van der Waals surface area (Å²) in [6.07, 6.45) is 5.11. The summed E-state index contributed by atoms with van der Waals surface area (Å²) in [5.74, 6) is 0.190. The Kier molecular flexibility index (Phi) is 12.3. The van der Waals surface area contributed by atoms with E-state index < -0.39 is 14.1 Å². The lowest BCUT2D eigenvalue weighted by molar-refractivity contribution is -0.144. The van der Waals surface area contributed by atoms with Crippen LogP contribution in [0.5, 0.6) is 5.75 Å². The molecule has 1 aromatic carbocycles. The van der Waals surface area contributed by atoms with Crippen LogP contribution in [0.15, 0.2) is 36.4 Å². The van der Waals surface area contributed by atoms with Crippen LogP contribution < -0.4 is 4.74 Å². The van der Waals surface area contributed by atoms with E-state index in [0.717, 1.165) is 17.7 Å². The zero-order chi connectivity index (χ0) is 27.7. The quantitative estimate of drug-likeness (QED) is 0.144. The van der Waals surface area contributed by atoms with Gasteiger partial charge >= 0.3 is 0 Å². The summed E-state index contributed by atoms with van der Waals surface area (Å²) >= 11 is 0. The van der Waals surface area contributed by atoms with Gasteiger partial charge in [-0.3, -0.25) is 0 Å². The fourth-order valence-electron chi connectivity index (χ4n) is 3.84. The summed E-state index contributed by atoms with van der Waals surface area (Å²) < 4.78 is 41.2. The van der Waals surface area contributed by atoms with E-state index in [1.54, 1.807) is 14.2 Å². The highest BCUT2D eigenvalue weighted by atomic mass is 28.4. The van der Waals surface area contributed by atoms with Crippen LogP contribution in [0.4, 0.5) is 0 Å². The number of rotatable bonds is 15. The summed E-state index contributed by atoms with van der Waals surface area (Å²) in [5.41, 5.74) is 1.10. The maximum absolute atomic E-state index is 6.39. The van der Waals surface area contributed by atoms with Crippen LogP contribution in [-0.2, 0) is 34.7 Å². The van der Waals surface area contributed by atoms with Crippen molar-refractivity contribution in [2.45, 2.75) is 109 Å². The molecule has 7 nitrogen and oxygen atoms in total. The fourth-order valence-corrected chi connectivity index (χ4v) is 4.90. The molecule has 1 aliphatic heterocycles. The second-order valence-electron chi connectivity index (χ2n) is 11.7. The molecular weight excluding hydrogens is 488 g/mol. The molecule has 0 spiro atoms. The lowest BCUT2D eigenvalue weighted by Crippen LogP contribution is -2.41. The second kappa shape index (κ2) is 14.2. The predicted molar refractivity (Wildman–Crippen MR) is 149 cm³/mol. The summed E-state index contributed by atoms with van der Waals surface area (Å²) in [6.45, 7) is 18.7. The average Bonchev–Trinajstić information content (AvgIpc) is 3.12. The van der Waals surface area contributed by atoms with Gasteiger partial charge in [-0.05, 0) is 63.0 Å². The molecule has 212 valence electrons. The topological polar surface area (TPSA) is 64.6 Å². The van der Waals surface area contributed by atoms with Crippen LogP contribution in [-0.4, -0.2) is 66.1 Å².